The summed E-state index contributed by atoms with van der Waals surface area (Å²) < 4.78 is 5.55. The Kier molecular flexibility index (Phi) is 3.43. The van der Waals surface area contributed by atoms with Crippen molar-refractivity contribution in [1.82, 2.24) is 10.6 Å². The molecule has 4 N–H and O–H groups in total. The van der Waals surface area contributed by atoms with Gasteiger partial charge in [-0.25, -0.2) is 4.99 Å². The van der Waals surface area contributed by atoms with E-state index < -0.39 is 0 Å². The lowest BCUT2D eigenvalue weighted by molar-refractivity contribution is 0.333. The molecule has 6 heteroatoms. The van der Waals surface area contributed by atoms with Crippen LogP contribution < -0.4 is 21.1 Å². The summed E-state index contributed by atoms with van der Waals surface area (Å²) in [6, 6.07) is 7.68. The number of thiocarbonyl (C=S) groups is 1. The van der Waals surface area contributed by atoms with Crippen LogP contribution in [0.25, 0.3) is 0 Å². The van der Waals surface area contributed by atoms with Crippen molar-refractivity contribution in [3.05, 3.63) is 29.8 Å². The topological polar surface area (TPSA) is 71.7 Å². The van der Waals surface area contributed by atoms with E-state index in [1.54, 1.807) is 0 Å². The van der Waals surface area contributed by atoms with Gasteiger partial charge in [0.05, 0.1) is 6.61 Å². The van der Waals surface area contributed by atoms with E-state index in [1.165, 1.54) is 0 Å². The van der Waals surface area contributed by atoms with Crippen molar-refractivity contribution < 1.29 is 4.74 Å². The standard InChI is InChI=1S/C11H14N4OS/c1-2-16-8-6-4-3-5-7(8)9-13-10(12)15-11(17)14-9/h3-6,9H,2H2,1H3,(H4,12,13,14,15,17). The van der Waals surface area contributed by atoms with Gasteiger partial charge in [0.1, 0.15) is 5.75 Å². The van der Waals surface area contributed by atoms with E-state index in [0.717, 1.165) is 11.3 Å². The Morgan fingerprint density at radius 2 is 2.24 bits per heavy atom. The molecule has 5 nitrogen and oxygen atoms in total. The van der Waals surface area contributed by atoms with E-state index in [2.05, 4.69) is 15.6 Å². The van der Waals surface area contributed by atoms with Crippen LogP contribution in [0.15, 0.2) is 29.3 Å². The molecular formula is C11H14N4OS. The molecule has 0 aromatic heterocycles. The first-order valence-corrected chi connectivity index (χ1v) is 5.74. The van der Waals surface area contributed by atoms with Crippen molar-refractivity contribution in [1.29, 1.82) is 0 Å². The third-order valence-electron chi connectivity index (χ3n) is 2.29. The lowest BCUT2D eigenvalue weighted by atomic mass is 10.1. The number of para-hydroxylation sites is 1. The zero-order valence-electron chi connectivity index (χ0n) is 9.43. The van der Waals surface area contributed by atoms with Gasteiger partial charge in [-0.15, -0.1) is 0 Å². The van der Waals surface area contributed by atoms with Gasteiger partial charge in [0.25, 0.3) is 0 Å². The van der Waals surface area contributed by atoms with Crippen LogP contribution in [0.1, 0.15) is 18.7 Å². The molecule has 90 valence electrons. The van der Waals surface area contributed by atoms with Gasteiger partial charge in [0, 0.05) is 5.56 Å². The minimum atomic E-state index is -0.300. The number of ether oxygens (including phenoxy) is 1. The Morgan fingerprint density at radius 3 is 2.94 bits per heavy atom. The molecule has 17 heavy (non-hydrogen) atoms. The number of nitrogens with one attached hydrogen (secondary N) is 2. The van der Waals surface area contributed by atoms with Crippen LogP contribution in [-0.2, 0) is 0 Å². The lowest BCUT2D eigenvalue weighted by Crippen LogP contribution is -2.49. The van der Waals surface area contributed by atoms with Crippen molar-refractivity contribution >= 4 is 23.3 Å². The highest BCUT2D eigenvalue weighted by Crippen LogP contribution is 2.26. The van der Waals surface area contributed by atoms with Gasteiger partial charge < -0.3 is 21.1 Å². The fourth-order valence-electron chi connectivity index (χ4n) is 1.62. The molecule has 2 rings (SSSR count). The maximum absolute atomic E-state index is 5.65. The van der Waals surface area contributed by atoms with Crippen LogP contribution in [0, 0.1) is 0 Å². The lowest BCUT2D eigenvalue weighted by Gasteiger charge is -2.24. The Balaban J connectivity index is 2.33. The highest BCUT2D eigenvalue weighted by Gasteiger charge is 2.20. The minimum Gasteiger partial charge on any atom is -0.493 e. The summed E-state index contributed by atoms with van der Waals surface area (Å²) in [5.74, 6) is 1.10. The van der Waals surface area contributed by atoms with Crippen LogP contribution in [0.5, 0.6) is 5.75 Å². The smallest absolute Gasteiger partial charge is 0.197 e. The number of nitrogens with zero attached hydrogens (tertiary/aromatic N) is 1. The molecule has 0 bridgehead atoms. The van der Waals surface area contributed by atoms with Crippen molar-refractivity contribution in [2.45, 2.75) is 13.1 Å². The van der Waals surface area contributed by atoms with E-state index in [-0.39, 0.29) is 6.17 Å². The molecule has 0 spiro atoms. The SMILES string of the molecule is CCOc1ccccc1C1N=C(N)NC(=S)N1. The normalized spacial score (nSPS) is 19.0. The van der Waals surface area contributed by atoms with Gasteiger partial charge in [0.2, 0.25) is 0 Å². The molecule has 0 saturated heterocycles. The molecule has 0 aliphatic carbocycles. The van der Waals surface area contributed by atoms with E-state index in [1.807, 2.05) is 31.2 Å². The van der Waals surface area contributed by atoms with Gasteiger partial charge in [-0.1, -0.05) is 18.2 Å². The molecule has 1 aliphatic heterocycles. The second-order valence-electron chi connectivity index (χ2n) is 3.49. The molecular weight excluding hydrogens is 236 g/mol. The quantitative estimate of drug-likeness (QED) is 0.695. The minimum absolute atomic E-state index is 0.300. The monoisotopic (exact) mass is 250 g/mol. The van der Waals surface area contributed by atoms with Crippen molar-refractivity contribution in [2.24, 2.45) is 10.7 Å². The first kappa shape index (κ1) is 11.7. The summed E-state index contributed by atoms with van der Waals surface area (Å²) in [5.41, 5.74) is 6.57. The van der Waals surface area contributed by atoms with Gasteiger partial charge in [0.15, 0.2) is 17.2 Å². The number of hydrogen-bond acceptors (Lipinski definition) is 4. The number of guanidine groups is 1. The third-order valence-corrected chi connectivity index (χ3v) is 2.51. The average Bonchev–Trinajstić information content (AvgIpc) is 2.29. The zero-order valence-corrected chi connectivity index (χ0v) is 10.3. The molecule has 0 saturated carbocycles. The van der Waals surface area contributed by atoms with Crippen molar-refractivity contribution in [2.75, 3.05) is 6.61 Å². The Morgan fingerprint density at radius 1 is 1.47 bits per heavy atom. The Hall–Kier alpha value is -1.82. The maximum atomic E-state index is 5.65. The molecule has 0 radical (unpaired) electrons. The van der Waals surface area contributed by atoms with E-state index in [9.17, 15) is 0 Å². The van der Waals surface area contributed by atoms with E-state index >= 15 is 0 Å². The summed E-state index contributed by atoms with van der Waals surface area (Å²) in [5, 5.41) is 6.24. The molecule has 1 atom stereocenters. The van der Waals surface area contributed by atoms with Crippen LogP contribution in [0.4, 0.5) is 0 Å². The number of rotatable bonds is 3. The van der Waals surface area contributed by atoms with Gasteiger partial charge >= 0.3 is 0 Å². The molecule has 1 aromatic rings. The summed E-state index contributed by atoms with van der Waals surface area (Å²) in [6.07, 6.45) is -0.300. The summed E-state index contributed by atoms with van der Waals surface area (Å²) >= 11 is 5.04. The summed E-state index contributed by atoms with van der Waals surface area (Å²) in [4.78, 5) is 4.25. The van der Waals surface area contributed by atoms with Crippen LogP contribution in [0.3, 0.4) is 0 Å². The molecule has 1 aromatic carbocycles. The number of aliphatic imine (C=N–C) groups is 1. The van der Waals surface area contributed by atoms with E-state index in [4.69, 9.17) is 22.7 Å². The van der Waals surface area contributed by atoms with Gasteiger partial charge in [-0.2, -0.15) is 0 Å². The van der Waals surface area contributed by atoms with E-state index in [0.29, 0.717) is 17.7 Å². The fourth-order valence-corrected chi connectivity index (χ4v) is 1.84. The van der Waals surface area contributed by atoms with Gasteiger partial charge in [-0.3, -0.25) is 0 Å². The fraction of sp³-hybridized carbons (Fsp3) is 0.273. The zero-order chi connectivity index (χ0) is 12.3. The number of benzene rings is 1. The van der Waals surface area contributed by atoms with Gasteiger partial charge in [-0.05, 0) is 25.2 Å². The third kappa shape index (κ3) is 2.65. The molecule has 1 unspecified atom stereocenters. The first-order chi connectivity index (χ1) is 8.20. The highest BCUT2D eigenvalue weighted by molar-refractivity contribution is 7.80. The second kappa shape index (κ2) is 5.01. The van der Waals surface area contributed by atoms with Crippen molar-refractivity contribution in [3.8, 4) is 5.75 Å². The predicted octanol–water partition coefficient (Wildman–Crippen LogP) is 0.876. The summed E-state index contributed by atoms with van der Waals surface area (Å²) in [7, 11) is 0. The largest absolute Gasteiger partial charge is 0.493 e. The number of hydrogen-bond donors (Lipinski definition) is 3. The highest BCUT2D eigenvalue weighted by atomic mass is 32.1. The Bertz CT molecular complexity index is 461. The molecule has 0 fully saturated rings. The van der Waals surface area contributed by atoms with Crippen molar-refractivity contribution in [3.63, 3.8) is 0 Å². The molecule has 1 aliphatic rings. The maximum Gasteiger partial charge on any atom is 0.197 e. The first-order valence-electron chi connectivity index (χ1n) is 5.33. The molecule has 0 amide bonds. The second-order valence-corrected chi connectivity index (χ2v) is 3.89. The van der Waals surface area contributed by atoms with Crippen LogP contribution >= 0.6 is 12.2 Å². The predicted molar refractivity (Wildman–Crippen MR) is 70.8 cm³/mol. The number of nitrogens with two attached hydrogens (primary N) is 1. The Labute approximate surface area is 105 Å². The van der Waals surface area contributed by atoms with Crippen LogP contribution in [-0.4, -0.2) is 17.7 Å². The van der Waals surface area contributed by atoms with Crippen LogP contribution in [0.2, 0.25) is 0 Å². The summed E-state index contributed by atoms with van der Waals surface area (Å²) in [6.45, 7) is 2.54. The molecule has 1 heterocycles. The average molecular weight is 250 g/mol.